The molecule has 6 nitrogen and oxygen atoms in total. The fourth-order valence-corrected chi connectivity index (χ4v) is 3.85. The van der Waals surface area contributed by atoms with Crippen molar-refractivity contribution < 1.29 is 14.3 Å². The summed E-state index contributed by atoms with van der Waals surface area (Å²) >= 11 is 0. The van der Waals surface area contributed by atoms with Crippen molar-refractivity contribution in [2.45, 2.75) is 32.5 Å². The Kier molecular flexibility index (Phi) is 4.85. The second-order valence-corrected chi connectivity index (χ2v) is 7.33. The lowest BCUT2D eigenvalue weighted by atomic mass is 10.0. The molecule has 1 amide bonds. The quantitative estimate of drug-likeness (QED) is 0.901. The van der Waals surface area contributed by atoms with Crippen LogP contribution in [0, 0.1) is 13.8 Å². The van der Waals surface area contributed by atoms with Gasteiger partial charge in [-0.1, -0.05) is 6.07 Å². The van der Waals surface area contributed by atoms with Crippen molar-refractivity contribution in [2.75, 3.05) is 31.6 Å². The normalized spacial score (nSPS) is 18.7. The standard InChI is InChI=1S/C21H25N3O3/c1-15-11-16(2)13-18(12-15)23-19-14-17(3-6-22-19)20(25)24-7-4-21(5-8-24)26-9-10-27-21/h3,6,11-14H,4-5,7-10H2,1-2H3,(H,22,23). The lowest BCUT2D eigenvalue weighted by Gasteiger charge is -2.37. The molecular formula is C21H25N3O3. The van der Waals surface area contributed by atoms with Crippen LogP contribution >= 0.6 is 0 Å². The van der Waals surface area contributed by atoms with Crippen LogP contribution in [0.2, 0.25) is 0 Å². The molecule has 2 aliphatic rings. The summed E-state index contributed by atoms with van der Waals surface area (Å²) in [6, 6.07) is 9.83. The molecular weight excluding hydrogens is 342 g/mol. The zero-order valence-corrected chi connectivity index (χ0v) is 15.8. The predicted octanol–water partition coefficient (Wildman–Crippen LogP) is 3.42. The van der Waals surface area contributed by atoms with E-state index < -0.39 is 5.79 Å². The molecule has 0 radical (unpaired) electrons. The minimum absolute atomic E-state index is 0.0220. The summed E-state index contributed by atoms with van der Waals surface area (Å²) in [7, 11) is 0. The zero-order valence-electron chi connectivity index (χ0n) is 15.8. The van der Waals surface area contributed by atoms with E-state index in [1.54, 1.807) is 12.3 Å². The third-order valence-corrected chi connectivity index (χ3v) is 5.13. The molecule has 2 saturated heterocycles. The fraction of sp³-hybridized carbons (Fsp3) is 0.429. The second kappa shape index (κ2) is 7.29. The van der Waals surface area contributed by atoms with Gasteiger partial charge in [0.05, 0.1) is 13.2 Å². The maximum absolute atomic E-state index is 12.9. The number of carbonyl (C=O) groups excluding carboxylic acids is 1. The molecule has 1 aromatic heterocycles. The highest BCUT2D eigenvalue weighted by atomic mass is 16.7. The van der Waals surface area contributed by atoms with Gasteiger partial charge in [-0.05, 0) is 49.2 Å². The molecule has 0 unspecified atom stereocenters. The Morgan fingerprint density at radius 3 is 2.41 bits per heavy atom. The number of hydrogen-bond donors (Lipinski definition) is 1. The number of rotatable bonds is 3. The minimum Gasteiger partial charge on any atom is -0.347 e. The van der Waals surface area contributed by atoms with Gasteiger partial charge >= 0.3 is 0 Å². The Morgan fingerprint density at radius 1 is 1.07 bits per heavy atom. The second-order valence-electron chi connectivity index (χ2n) is 7.33. The van der Waals surface area contributed by atoms with Crippen LogP contribution in [0.1, 0.15) is 34.3 Å². The van der Waals surface area contributed by atoms with E-state index in [1.807, 2.05) is 11.0 Å². The Morgan fingerprint density at radius 2 is 1.74 bits per heavy atom. The molecule has 1 spiro atoms. The van der Waals surface area contributed by atoms with E-state index in [9.17, 15) is 4.79 Å². The van der Waals surface area contributed by atoms with Crippen molar-refractivity contribution in [3.8, 4) is 0 Å². The molecule has 2 aliphatic heterocycles. The van der Waals surface area contributed by atoms with Gasteiger partial charge in [0.2, 0.25) is 0 Å². The van der Waals surface area contributed by atoms with Crippen LogP contribution in [-0.2, 0) is 9.47 Å². The number of nitrogens with zero attached hydrogens (tertiary/aromatic N) is 2. The first-order chi connectivity index (χ1) is 13.0. The third kappa shape index (κ3) is 3.96. The van der Waals surface area contributed by atoms with Crippen LogP contribution in [0.4, 0.5) is 11.5 Å². The molecule has 0 aliphatic carbocycles. The van der Waals surface area contributed by atoms with Crippen LogP contribution in [0.5, 0.6) is 0 Å². The molecule has 2 fully saturated rings. The Hall–Kier alpha value is -2.44. The van der Waals surface area contributed by atoms with Crippen molar-refractivity contribution in [1.29, 1.82) is 0 Å². The first-order valence-electron chi connectivity index (χ1n) is 9.42. The van der Waals surface area contributed by atoms with E-state index in [1.165, 1.54) is 11.1 Å². The smallest absolute Gasteiger partial charge is 0.254 e. The average Bonchev–Trinajstić information content (AvgIpc) is 3.09. The predicted molar refractivity (Wildman–Crippen MR) is 103 cm³/mol. The molecule has 1 N–H and O–H groups in total. The number of ether oxygens (including phenoxy) is 2. The number of piperidine rings is 1. The third-order valence-electron chi connectivity index (χ3n) is 5.13. The summed E-state index contributed by atoms with van der Waals surface area (Å²) < 4.78 is 11.5. The number of aromatic nitrogens is 1. The zero-order chi connectivity index (χ0) is 18.9. The molecule has 142 valence electrons. The van der Waals surface area contributed by atoms with Gasteiger partial charge in [0.25, 0.3) is 5.91 Å². The number of aryl methyl sites for hydroxylation is 2. The molecule has 3 heterocycles. The monoisotopic (exact) mass is 367 g/mol. The largest absolute Gasteiger partial charge is 0.347 e. The Balaban J connectivity index is 1.45. The number of benzene rings is 1. The fourth-order valence-electron chi connectivity index (χ4n) is 3.85. The van der Waals surface area contributed by atoms with Gasteiger partial charge in [0.1, 0.15) is 5.82 Å². The molecule has 0 atom stereocenters. The molecule has 0 bridgehead atoms. The van der Waals surface area contributed by atoms with E-state index in [4.69, 9.17) is 9.47 Å². The Labute approximate surface area is 159 Å². The summed E-state index contributed by atoms with van der Waals surface area (Å²) in [6.07, 6.45) is 3.11. The first kappa shape index (κ1) is 17.9. The minimum atomic E-state index is -0.467. The van der Waals surface area contributed by atoms with Crippen molar-refractivity contribution in [3.63, 3.8) is 0 Å². The van der Waals surface area contributed by atoms with E-state index in [2.05, 4.69) is 42.3 Å². The Bertz CT molecular complexity index is 816. The van der Waals surface area contributed by atoms with Gasteiger partial charge in [0.15, 0.2) is 5.79 Å². The van der Waals surface area contributed by atoms with Crippen molar-refractivity contribution in [1.82, 2.24) is 9.88 Å². The highest BCUT2D eigenvalue weighted by molar-refractivity contribution is 5.95. The molecule has 27 heavy (non-hydrogen) atoms. The van der Waals surface area contributed by atoms with Gasteiger partial charge in [-0.3, -0.25) is 4.79 Å². The summed E-state index contributed by atoms with van der Waals surface area (Å²) in [6.45, 7) is 6.69. The van der Waals surface area contributed by atoms with E-state index in [0.717, 1.165) is 18.5 Å². The van der Waals surface area contributed by atoms with Gasteiger partial charge < -0.3 is 19.7 Å². The first-order valence-corrected chi connectivity index (χ1v) is 9.42. The lowest BCUT2D eigenvalue weighted by Crippen LogP contribution is -2.47. The van der Waals surface area contributed by atoms with Crippen LogP contribution < -0.4 is 5.32 Å². The number of carbonyl (C=O) groups is 1. The van der Waals surface area contributed by atoms with Gasteiger partial charge in [-0.2, -0.15) is 0 Å². The summed E-state index contributed by atoms with van der Waals surface area (Å²) in [4.78, 5) is 19.1. The van der Waals surface area contributed by atoms with Crippen molar-refractivity contribution in [2.24, 2.45) is 0 Å². The van der Waals surface area contributed by atoms with Crippen LogP contribution in [-0.4, -0.2) is 47.9 Å². The van der Waals surface area contributed by atoms with Gasteiger partial charge in [0, 0.05) is 43.4 Å². The van der Waals surface area contributed by atoms with E-state index in [-0.39, 0.29) is 5.91 Å². The molecule has 4 rings (SSSR count). The maximum Gasteiger partial charge on any atom is 0.254 e. The number of anilines is 2. The summed E-state index contributed by atoms with van der Waals surface area (Å²) in [5.74, 6) is 0.223. The number of likely N-dealkylation sites (tertiary alicyclic amines) is 1. The van der Waals surface area contributed by atoms with Crippen molar-refractivity contribution in [3.05, 3.63) is 53.2 Å². The van der Waals surface area contributed by atoms with Crippen LogP contribution in [0.3, 0.4) is 0 Å². The summed E-state index contributed by atoms with van der Waals surface area (Å²) in [5, 5.41) is 3.30. The van der Waals surface area contributed by atoms with Crippen molar-refractivity contribution >= 4 is 17.4 Å². The molecule has 6 heteroatoms. The summed E-state index contributed by atoms with van der Waals surface area (Å²) in [5.41, 5.74) is 3.98. The highest BCUT2D eigenvalue weighted by Crippen LogP contribution is 2.31. The lowest BCUT2D eigenvalue weighted by molar-refractivity contribution is -0.181. The SMILES string of the molecule is Cc1cc(C)cc(Nc2cc(C(=O)N3CCC4(CC3)OCCO4)ccn2)c1. The van der Waals surface area contributed by atoms with E-state index >= 15 is 0 Å². The topological polar surface area (TPSA) is 63.7 Å². The van der Waals surface area contributed by atoms with Gasteiger partial charge in [-0.15, -0.1) is 0 Å². The molecule has 1 aromatic carbocycles. The average molecular weight is 367 g/mol. The number of amides is 1. The maximum atomic E-state index is 12.9. The molecule has 2 aromatic rings. The van der Waals surface area contributed by atoms with Crippen LogP contribution in [0.25, 0.3) is 0 Å². The van der Waals surface area contributed by atoms with Crippen LogP contribution in [0.15, 0.2) is 36.5 Å². The van der Waals surface area contributed by atoms with Gasteiger partial charge in [-0.25, -0.2) is 4.98 Å². The number of hydrogen-bond acceptors (Lipinski definition) is 5. The molecule has 0 saturated carbocycles. The van der Waals surface area contributed by atoms with E-state index in [0.29, 0.717) is 37.7 Å². The highest BCUT2D eigenvalue weighted by Gasteiger charge is 2.40. The number of nitrogens with one attached hydrogen (secondary N) is 1. The number of pyridine rings is 1.